The monoisotopic (exact) mass is 941 g/mol. The lowest BCUT2D eigenvalue weighted by Crippen LogP contribution is -2.81. The Bertz CT molecular complexity index is 2630. The summed E-state index contributed by atoms with van der Waals surface area (Å²) in [5.41, 5.74) is -11.1. The second-order valence-electron chi connectivity index (χ2n) is 12.8. The summed E-state index contributed by atoms with van der Waals surface area (Å²) in [6.45, 7) is 0.543. The topological polar surface area (TPSA) is 3.88 Å². The van der Waals surface area contributed by atoms with E-state index in [9.17, 15) is 61.5 Å². The lowest BCUT2D eigenvalue weighted by Gasteiger charge is -2.44. The first-order valence-electron chi connectivity index (χ1n) is 16.5. The molecule has 0 aliphatic rings. The van der Waals surface area contributed by atoms with E-state index in [1.54, 1.807) is 10.6 Å². The lowest BCUT2D eigenvalue weighted by molar-refractivity contribution is -0.659. The fourth-order valence-corrected chi connectivity index (χ4v) is 7.71. The third-order valence-electron chi connectivity index (χ3n) is 9.53. The van der Waals surface area contributed by atoms with Gasteiger partial charge in [0.05, 0.1) is 0 Å². The predicted octanol–water partition coefficient (Wildman–Crippen LogP) is 9.36. The van der Waals surface area contributed by atoms with Gasteiger partial charge in [-0.15, -0.1) is 21.9 Å². The van der Waals surface area contributed by atoms with Crippen molar-refractivity contribution in [3.63, 3.8) is 0 Å². The molecule has 0 spiro atoms. The van der Waals surface area contributed by atoms with E-state index in [2.05, 4.69) is 0 Å². The minimum absolute atomic E-state index is 0.337. The van der Waals surface area contributed by atoms with Crippen molar-refractivity contribution < 1.29 is 101 Å². The second kappa shape index (κ2) is 16.8. The Labute approximate surface area is 338 Å². The van der Waals surface area contributed by atoms with Crippen LogP contribution < -0.4 is 26.4 Å². The normalized spacial score (nSPS) is 11.7. The molecule has 330 valence electrons. The van der Waals surface area contributed by atoms with E-state index in [0.717, 1.165) is 10.3 Å². The molecule has 6 aromatic carbocycles. The van der Waals surface area contributed by atoms with Gasteiger partial charge in [0.25, 0.3) is 5.52 Å². The van der Waals surface area contributed by atoms with Crippen LogP contribution in [-0.2, 0) is 6.54 Å². The average molecular weight is 941 g/mol. The van der Waals surface area contributed by atoms with E-state index >= 15 is 35.1 Å². The van der Waals surface area contributed by atoms with Gasteiger partial charge in [-0.25, -0.2) is 92.2 Å². The van der Waals surface area contributed by atoms with Crippen LogP contribution in [0.4, 0.5) is 96.6 Å². The molecular formula is C38H10BF22NS. The van der Waals surface area contributed by atoms with E-state index < -0.39 is 156 Å². The molecule has 0 aliphatic carbocycles. The molecular weight excluding hydrogens is 931 g/mol. The standard InChI is InChI=1S/C24BF20.C14H10F2NS/c26-5-1(6(27)14(35)21(42)13(5)34)25(2-7(28)15(36)22(43)16(37)8(2)29,3-9(30)17(38)23(44)18(39)10(3)31)4-11(32)19(40)24(45)20(41)12(4)33;15-11-6-7-12-14(13(11)16)17(9-18-12)8-10-4-2-1-3-5-10/h;1-7,9H,8H2/q-1;+1. The van der Waals surface area contributed by atoms with Crippen molar-refractivity contribution in [3.05, 3.63) is 182 Å². The highest BCUT2D eigenvalue weighted by Crippen LogP contribution is 2.31. The Morgan fingerprint density at radius 2 is 0.619 bits per heavy atom. The first kappa shape index (κ1) is 46.2. The van der Waals surface area contributed by atoms with Crippen molar-refractivity contribution in [2.45, 2.75) is 6.54 Å². The van der Waals surface area contributed by atoms with Crippen molar-refractivity contribution in [3.8, 4) is 0 Å². The summed E-state index contributed by atoms with van der Waals surface area (Å²) < 4.78 is 324. The number of benzene rings is 6. The van der Waals surface area contributed by atoms with Crippen LogP contribution >= 0.6 is 11.3 Å². The molecule has 7 aromatic rings. The van der Waals surface area contributed by atoms with Gasteiger partial charge < -0.3 is 0 Å². The number of thiazole rings is 1. The molecule has 1 aromatic heterocycles. The summed E-state index contributed by atoms with van der Waals surface area (Å²) in [5, 5.41) is 0. The van der Waals surface area contributed by atoms with Gasteiger partial charge in [0.1, 0.15) is 57.4 Å². The van der Waals surface area contributed by atoms with Crippen molar-refractivity contribution in [2.24, 2.45) is 0 Å². The molecule has 0 N–H and O–H groups in total. The largest absolute Gasteiger partial charge is 0.262 e. The van der Waals surface area contributed by atoms with Gasteiger partial charge in [0.15, 0.2) is 82.2 Å². The first-order valence-corrected chi connectivity index (χ1v) is 17.4. The zero-order valence-electron chi connectivity index (χ0n) is 29.6. The average Bonchev–Trinajstić information content (AvgIpc) is 3.68. The minimum atomic E-state index is -7.22. The van der Waals surface area contributed by atoms with Crippen LogP contribution in [0.25, 0.3) is 10.2 Å². The fourth-order valence-electron chi connectivity index (χ4n) is 6.83. The summed E-state index contributed by atoms with van der Waals surface area (Å²) >= 11 is 1.41. The number of aromatic nitrogens is 1. The van der Waals surface area contributed by atoms with E-state index in [-0.39, 0.29) is 0 Å². The number of hydrogen-bond acceptors (Lipinski definition) is 1. The zero-order valence-corrected chi connectivity index (χ0v) is 30.4. The van der Waals surface area contributed by atoms with Gasteiger partial charge in [-0.05, 0) is 12.1 Å². The molecule has 0 aliphatic heterocycles. The molecule has 0 amide bonds. The van der Waals surface area contributed by atoms with E-state index in [1.165, 1.54) is 17.4 Å². The molecule has 0 radical (unpaired) electrons. The van der Waals surface area contributed by atoms with Crippen LogP contribution in [-0.4, -0.2) is 6.15 Å². The maximum atomic E-state index is 15.4. The van der Waals surface area contributed by atoms with Crippen LogP contribution in [0.15, 0.2) is 48.0 Å². The van der Waals surface area contributed by atoms with Crippen LogP contribution in [0.2, 0.25) is 0 Å². The molecule has 0 fully saturated rings. The maximum absolute atomic E-state index is 15.4. The summed E-state index contributed by atoms with van der Waals surface area (Å²) in [7, 11) is 0. The van der Waals surface area contributed by atoms with Crippen LogP contribution in [0.5, 0.6) is 0 Å². The summed E-state index contributed by atoms with van der Waals surface area (Å²) in [5.74, 6) is -73.0. The summed E-state index contributed by atoms with van der Waals surface area (Å²) in [6, 6.07) is 12.5. The van der Waals surface area contributed by atoms with Gasteiger partial charge in [-0.1, -0.05) is 41.7 Å². The fraction of sp³-hybridized carbons (Fsp3) is 0.0263. The summed E-state index contributed by atoms with van der Waals surface area (Å²) in [4.78, 5) is 0. The van der Waals surface area contributed by atoms with Crippen LogP contribution in [0.3, 0.4) is 0 Å². The Balaban J connectivity index is 0.000000302. The molecule has 25 heteroatoms. The highest BCUT2D eigenvalue weighted by Gasteiger charge is 2.52. The van der Waals surface area contributed by atoms with Crippen LogP contribution in [0.1, 0.15) is 5.56 Å². The van der Waals surface area contributed by atoms with Crippen molar-refractivity contribution in [1.29, 1.82) is 0 Å². The predicted molar refractivity (Wildman–Crippen MR) is 177 cm³/mol. The van der Waals surface area contributed by atoms with Gasteiger partial charge >= 0.3 is 0 Å². The quantitative estimate of drug-likeness (QED) is 0.0515. The van der Waals surface area contributed by atoms with Gasteiger partial charge in [0, 0.05) is 5.56 Å². The highest BCUT2D eigenvalue weighted by molar-refractivity contribution is 7.20. The Hall–Kier alpha value is -6.27. The Morgan fingerprint density at radius 1 is 0.333 bits per heavy atom. The third kappa shape index (κ3) is 6.99. The smallest absolute Gasteiger partial charge is 0.207 e. The Morgan fingerprint density at radius 3 is 0.921 bits per heavy atom. The van der Waals surface area contributed by atoms with Crippen LogP contribution in [0, 0.1) is 128 Å². The molecule has 0 saturated heterocycles. The van der Waals surface area contributed by atoms with Gasteiger partial charge in [0.2, 0.25) is 11.3 Å². The van der Waals surface area contributed by atoms with E-state index in [4.69, 9.17) is 0 Å². The van der Waals surface area contributed by atoms with Crippen molar-refractivity contribution >= 4 is 49.6 Å². The first-order chi connectivity index (χ1) is 29.5. The number of hydrogen-bond donors (Lipinski definition) is 0. The SMILES string of the molecule is Fc1c(F)c(F)c([B-](c2c(F)c(F)c(F)c(F)c2F)(c2c(F)c(F)c(F)c(F)c2F)c2c(F)c(F)c(F)c(F)c2F)c(F)c1F.Fc1ccc2sc[n+](Cc3ccccc3)c2c1F. The molecule has 0 unspecified atom stereocenters. The second-order valence-corrected chi connectivity index (χ2v) is 13.7. The molecule has 0 bridgehead atoms. The van der Waals surface area contributed by atoms with E-state index in [0.29, 0.717) is 12.1 Å². The zero-order chi connectivity index (χ0) is 46.9. The lowest BCUT2D eigenvalue weighted by atomic mass is 9.12. The van der Waals surface area contributed by atoms with E-state index in [1.807, 2.05) is 35.8 Å². The number of rotatable bonds is 6. The minimum Gasteiger partial charge on any atom is -0.207 e. The Kier molecular flexibility index (Phi) is 12.3. The number of fused-ring (bicyclic) bond motifs is 1. The van der Waals surface area contributed by atoms with Gasteiger partial charge in [-0.2, -0.15) is 8.96 Å². The number of nitrogens with zero attached hydrogens (tertiary/aromatic N) is 1. The maximum Gasteiger partial charge on any atom is 0.262 e. The molecule has 63 heavy (non-hydrogen) atoms. The molecule has 1 nitrogen and oxygen atoms in total. The van der Waals surface area contributed by atoms with Crippen molar-refractivity contribution in [2.75, 3.05) is 0 Å². The summed E-state index contributed by atoms with van der Waals surface area (Å²) in [6.07, 6.45) is -7.22. The molecule has 0 saturated carbocycles. The highest BCUT2D eigenvalue weighted by atomic mass is 32.1. The van der Waals surface area contributed by atoms with Crippen molar-refractivity contribution in [1.82, 2.24) is 0 Å². The number of halogens is 22. The molecule has 0 atom stereocenters. The molecule has 1 heterocycles. The molecule has 7 rings (SSSR count). The van der Waals surface area contributed by atoms with Gasteiger partial charge in [-0.3, -0.25) is 0 Å². The third-order valence-corrected chi connectivity index (χ3v) is 10.5.